The lowest BCUT2D eigenvalue weighted by atomic mass is 9.96. The second-order valence-electron chi connectivity index (χ2n) is 8.60. The number of thiophene rings is 1. The lowest BCUT2D eigenvalue weighted by Gasteiger charge is -2.12. The fraction of sp³-hybridized carbons (Fsp3) is 0.185. The van der Waals surface area contributed by atoms with E-state index in [1.165, 1.54) is 28.7 Å². The van der Waals surface area contributed by atoms with Crippen molar-refractivity contribution in [2.45, 2.75) is 24.5 Å². The van der Waals surface area contributed by atoms with Gasteiger partial charge < -0.3 is 20.2 Å². The molecule has 5 aromatic rings. The standard InChI is InChI=1S/C27H23N5O3S2/c1-34-17-12-10-15(11-13-17)21-18-8-5-9-19(18)30-26-22(21)23(28)24(37-26)25-31-32-27(35-25)36-14-20(33)29-16-6-3-2-4-7-16/h2-4,6-7,10-13H,5,8-9,14,28H2,1H3,(H,29,33). The van der Waals surface area contributed by atoms with E-state index >= 15 is 0 Å². The van der Waals surface area contributed by atoms with E-state index in [9.17, 15) is 4.79 Å². The molecule has 0 atom stereocenters. The highest BCUT2D eigenvalue weighted by atomic mass is 32.2. The second-order valence-corrected chi connectivity index (χ2v) is 10.5. The zero-order chi connectivity index (χ0) is 25.4. The van der Waals surface area contributed by atoms with Crippen LogP contribution >= 0.6 is 23.1 Å². The van der Waals surface area contributed by atoms with Crippen LogP contribution in [0.15, 0.2) is 64.2 Å². The zero-order valence-electron chi connectivity index (χ0n) is 20.0. The number of aryl methyl sites for hydroxylation is 1. The third-order valence-corrected chi connectivity index (χ3v) is 8.17. The number of rotatable bonds is 7. The average molecular weight is 530 g/mol. The van der Waals surface area contributed by atoms with Crippen LogP contribution in [0.2, 0.25) is 0 Å². The van der Waals surface area contributed by atoms with Crippen molar-refractivity contribution in [3.63, 3.8) is 0 Å². The molecule has 6 rings (SSSR count). The van der Waals surface area contributed by atoms with Gasteiger partial charge >= 0.3 is 0 Å². The second kappa shape index (κ2) is 9.87. The Hall–Kier alpha value is -3.89. The largest absolute Gasteiger partial charge is 0.497 e. The molecule has 1 aliphatic rings. The van der Waals surface area contributed by atoms with Crippen LogP contribution in [0.25, 0.3) is 32.1 Å². The van der Waals surface area contributed by atoms with E-state index in [1.54, 1.807) is 7.11 Å². The first kappa shape index (κ1) is 23.5. The maximum Gasteiger partial charge on any atom is 0.277 e. The summed E-state index contributed by atoms with van der Waals surface area (Å²) in [6, 6.07) is 17.3. The van der Waals surface area contributed by atoms with Gasteiger partial charge in [0.05, 0.1) is 18.6 Å². The van der Waals surface area contributed by atoms with Gasteiger partial charge in [0.25, 0.3) is 11.1 Å². The molecular weight excluding hydrogens is 506 g/mol. The number of thioether (sulfide) groups is 1. The SMILES string of the molecule is COc1ccc(-c2c3c(nc4sc(-c5nnc(SCC(=O)Nc6ccccc6)o5)c(N)c24)CCC3)cc1. The molecule has 0 radical (unpaired) electrons. The Bertz CT molecular complexity index is 1600. The van der Waals surface area contributed by atoms with E-state index in [4.69, 9.17) is 19.9 Å². The zero-order valence-corrected chi connectivity index (χ0v) is 21.6. The van der Waals surface area contributed by atoms with Crippen LogP contribution in [0.1, 0.15) is 17.7 Å². The molecule has 1 amide bonds. The van der Waals surface area contributed by atoms with E-state index in [0.29, 0.717) is 21.7 Å². The summed E-state index contributed by atoms with van der Waals surface area (Å²) < 4.78 is 11.3. The molecule has 8 nitrogen and oxygen atoms in total. The number of hydrogen-bond acceptors (Lipinski definition) is 9. The number of methoxy groups -OCH3 is 1. The summed E-state index contributed by atoms with van der Waals surface area (Å²) in [5.74, 6) is 1.12. The maximum atomic E-state index is 12.3. The number of nitrogens with two attached hydrogens (primary N) is 1. The summed E-state index contributed by atoms with van der Waals surface area (Å²) in [7, 11) is 1.66. The summed E-state index contributed by atoms with van der Waals surface area (Å²) in [6.45, 7) is 0. The summed E-state index contributed by atoms with van der Waals surface area (Å²) >= 11 is 2.63. The highest BCUT2D eigenvalue weighted by Crippen LogP contribution is 2.47. The molecule has 3 heterocycles. The van der Waals surface area contributed by atoms with Gasteiger partial charge in [0.2, 0.25) is 5.91 Å². The van der Waals surface area contributed by atoms with E-state index in [0.717, 1.165) is 57.7 Å². The first-order valence-corrected chi connectivity index (χ1v) is 13.6. The molecule has 37 heavy (non-hydrogen) atoms. The molecule has 186 valence electrons. The van der Waals surface area contributed by atoms with Crippen LogP contribution in [-0.4, -0.2) is 34.0 Å². The summed E-state index contributed by atoms with van der Waals surface area (Å²) in [5.41, 5.74) is 12.6. The van der Waals surface area contributed by atoms with Crippen molar-refractivity contribution in [2.75, 3.05) is 23.9 Å². The molecule has 10 heteroatoms. The number of aromatic nitrogens is 3. The van der Waals surface area contributed by atoms with Crippen molar-refractivity contribution in [3.05, 3.63) is 65.9 Å². The van der Waals surface area contributed by atoms with Gasteiger partial charge in [-0.1, -0.05) is 42.1 Å². The molecule has 0 saturated carbocycles. The predicted molar refractivity (Wildman–Crippen MR) is 147 cm³/mol. The molecule has 2 aromatic carbocycles. The van der Waals surface area contributed by atoms with Gasteiger partial charge in [0, 0.05) is 16.8 Å². The Morgan fingerprint density at radius 3 is 2.73 bits per heavy atom. The van der Waals surface area contributed by atoms with Crippen LogP contribution in [-0.2, 0) is 17.6 Å². The Morgan fingerprint density at radius 1 is 1.14 bits per heavy atom. The number of pyridine rings is 1. The Balaban J connectivity index is 1.30. The van der Waals surface area contributed by atoms with E-state index in [1.807, 2.05) is 42.5 Å². The summed E-state index contributed by atoms with van der Waals surface area (Å²) in [5, 5.41) is 12.4. The number of benzene rings is 2. The van der Waals surface area contributed by atoms with Gasteiger partial charge in [-0.15, -0.1) is 21.5 Å². The Kier molecular flexibility index (Phi) is 6.27. The molecule has 1 aliphatic carbocycles. The van der Waals surface area contributed by atoms with Gasteiger partial charge in [0.15, 0.2) is 0 Å². The van der Waals surface area contributed by atoms with Crippen molar-refractivity contribution in [1.82, 2.24) is 15.2 Å². The normalized spacial score (nSPS) is 12.6. The quantitative estimate of drug-likeness (QED) is 0.253. The van der Waals surface area contributed by atoms with Gasteiger partial charge in [-0.25, -0.2) is 4.98 Å². The third-order valence-electron chi connectivity index (χ3n) is 6.27. The van der Waals surface area contributed by atoms with E-state index in [2.05, 4.69) is 27.6 Å². The first-order chi connectivity index (χ1) is 18.1. The molecule has 0 bridgehead atoms. The van der Waals surface area contributed by atoms with E-state index in [-0.39, 0.29) is 11.7 Å². The van der Waals surface area contributed by atoms with Crippen LogP contribution in [0.5, 0.6) is 5.75 Å². The van der Waals surface area contributed by atoms with Crippen molar-refractivity contribution in [1.29, 1.82) is 0 Å². The number of nitrogens with zero attached hydrogens (tertiary/aromatic N) is 3. The molecule has 3 N–H and O–H groups in total. The topological polar surface area (TPSA) is 116 Å². The number of para-hydroxylation sites is 1. The van der Waals surface area contributed by atoms with Crippen LogP contribution < -0.4 is 15.8 Å². The minimum Gasteiger partial charge on any atom is -0.497 e. The third kappa shape index (κ3) is 4.54. The number of fused-ring (bicyclic) bond motifs is 2. The van der Waals surface area contributed by atoms with Gasteiger partial charge in [-0.3, -0.25) is 4.79 Å². The van der Waals surface area contributed by atoms with Crippen molar-refractivity contribution in [2.24, 2.45) is 0 Å². The maximum absolute atomic E-state index is 12.3. The minimum atomic E-state index is -0.153. The van der Waals surface area contributed by atoms with Crippen LogP contribution in [0, 0.1) is 0 Å². The van der Waals surface area contributed by atoms with Gasteiger partial charge in [-0.05, 0) is 60.2 Å². The van der Waals surface area contributed by atoms with E-state index < -0.39 is 0 Å². The number of carbonyl (C=O) groups is 1. The molecule has 0 saturated heterocycles. The molecule has 0 spiro atoms. The highest BCUT2D eigenvalue weighted by molar-refractivity contribution is 7.99. The Morgan fingerprint density at radius 2 is 1.95 bits per heavy atom. The number of anilines is 2. The highest BCUT2D eigenvalue weighted by Gasteiger charge is 2.26. The number of nitrogen functional groups attached to an aromatic ring is 1. The fourth-order valence-corrected chi connectivity index (χ4v) is 6.19. The number of amides is 1. The molecule has 0 fully saturated rings. The van der Waals surface area contributed by atoms with Crippen molar-refractivity contribution < 1.29 is 13.9 Å². The molecule has 0 aliphatic heterocycles. The molecular formula is C27H23N5O3S2. The minimum absolute atomic E-state index is 0.147. The number of carbonyl (C=O) groups excluding carboxylic acids is 1. The fourth-order valence-electron chi connectivity index (χ4n) is 4.59. The van der Waals surface area contributed by atoms with Crippen LogP contribution in [0.3, 0.4) is 0 Å². The summed E-state index contributed by atoms with van der Waals surface area (Å²) in [6.07, 6.45) is 3.00. The smallest absolute Gasteiger partial charge is 0.277 e. The van der Waals surface area contributed by atoms with Crippen LogP contribution in [0.4, 0.5) is 11.4 Å². The predicted octanol–water partition coefficient (Wildman–Crippen LogP) is 5.82. The summed E-state index contributed by atoms with van der Waals surface area (Å²) in [4.78, 5) is 18.8. The first-order valence-electron chi connectivity index (χ1n) is 11.8. The lowest BCUT2D eigenvalue weighted by molar-refractivity contribution is -0.113. The Labute approximate surface area is 221 Å². The monoisotopic (exact) mass is 529 g/mol. The molecule has 0 unspecified atom stereocenters. The van der Waals surface area contributed by atoms with Crippen molar-refractivity contribution in [3.8, 4) is 27.6 Å². The number of nitrogens with one attached hydrogen (secondary N) is 1. The molecule has 3 aromatic heterocycles. The number of ether oxygens (including phenoxy) is 1. The lowest BCUT2D eigenvalue weighted by Crippen LogP contribution is -2.13. The average Bonchev–Trinajstić information content (AvgIpc) is 3.66. The van der Waals surface area contributed by atoms with Crippen molar-refractivity contribution >= 4 is 50.6 Å². The number of hydrogen-bond donors (Lipinski definition) is 2. The van der Waals surface area contributed by atoms with Gasteiger partial charge in [0.1, 0.15) is 15.5 Å². The van der Waals surface area contributed by atoms with Gasteiger partial charge in [-0.2, -0.15) is 0 Å².